The van der Waals surface area contributed by atoms with Crippen molar-refractivity contribution in [2.24, 2.45) is 11.8 Å². The van der Waals surface area contributed by atoms with Gasteiger partial charge < -0.3 is 20.4 Å². The first-order valence-corrected chi connectivity index (χ1v) is 12.3. The van der Waals surface area contributed by atoms with Crippen molar-refractivity contribution in [3.8, 4) is 0 Å². The summed E-state index contributed by atoms with van der Waals surface area (Å²) in [6.45, 7) is 0. The van der Waals surface area contributed by atoms with E-state index in [2.05, 4.69) is 48.6 Å². The van der Waals surface area contributed by atoms with Gasteiger partial charge in [-0.05, 0) is 105 Å². The molecule has 0 atom stereocenters. The predicted molar refractivity (Wildman–Crippen MR) is 121 cm³/mol. The van der Waals surface area contributed by atoms with Crippen molar-refractivity contribution in [2.45, 2.75) is 101 Å². The number of carbonyl (C=O) groups excluding carboxylic acids is 2. The van der Waals surface area contributed by atoms with Gasteiger partial charge in [-0.3, -0.25) is 9.59 Å². The summed E-state index contributed by atoms with van der Waals surface area (Å²) in [5.41, 5.74) is 0. The van der Waals surface area contributed by atoms with Crippen molar-refractivity contribution in [3.63, 3.8) is 0 Å². The summed E-state index contributed by atoms with van der Waals surface area (Å²) < 4.78 is 0. The Morgan fingerprint density at radius 3 is 1.10 bits per heavy atom. The Hall–Kier alpha value is -1.14. The van der Waals surface area contributed by atoms with E-state index in [1.807, 2.05) is 0 Å². The van der Waals surface area contributed by atoms with Crippen LogP contribution in [0.2, 0.25) is 0 Å². The largest absolute Gasteiger partial charge is 0.353 e. The molecule has 3 saturated carbocycles. The summed E-state index contributed by atoms with van der Waals surface area (Å²) in [6, 6.07) is 1.83. The molecule has 3 aliphatic rings. The number of carbonyl (C=O) groups is 2. The van der Waals surface area contributed by atoms with Crippen LogP contribution in [0.15, 0.2) is 0 Å². The van der Waals surface area contributed by atoms with E-state index in [1.54, 1.807) is 0 Å². The van der Waals surface area contributed by atoms with Gasteiger partial charge in [0.1, 0.15) is 0 Å². The molecule has 3 fully saturated rings. The molecule has 172 valence electrons. The van der Waals surface area contributed by atoms with E-state index in [9.17, 15) is 9.59 Å². The molecule has 30 heavy (non-hydrogen) atoms. The minimum Gasteiger partial charge on any atom is -0.353 e. The lowest BCUT2D eigenvalue weighted by Crippen LogP contribution is -2.47. The molecule has 0 saturated heterocycles. The second kappa shape index (κ2) is 10.9. The maximum atomic E-state index is 12.7. The molecule has 0 aromatic carbocycles. The molecule has 0 aliphatic heterocycles. The SMILES string of the molecule is CN(C)C1CCC(C(=O)NC2CCC(NC(=O)C3CCC(N(C)C)CC3)CC2)CC1. The Labute approximate surface area is 183 Å². The van der Waals surface area contributed by atoms with Gasteiger partial charge in [0, 0.05) is 36.0 Å². The Bertz CT molecular complexity index is 506. The average molecular weight is 421 g/mol. The number of hydrogen-bond donors (Lipinski definition) is 2. The van der Waals surface area contributed by atoms with Crippen LogP contribution in [0, 0.1) is 11.8 Å². The molecule has 0 aromatic heterocycles. The topological polar surface area (TPSA) is 64.7 Å². The first-order chi connectivity index (χ1) is 14.3. The Morgan fingerprint density at radius 2 is 0.833 bits per heavy atom. The van der Waals surface area contributed by atoms with E-state index < -0.39 is 0 Å². The van der Waals surface area contributed by atoms with Crippen LogP contribution in [0.1, 0.15) is 77.0 Å². The summed E-state index contributed by atoms with van der Waals surface area (Å²) in [7, 11) is 8.54. The van der Waals surface area contributed by atoms with Gasteiger partial charge in [-0.1, -0.05) is 0 Å². The van der Waals surface area contributed by atoms with Gasteiger partial charge in [0.05, 0.1) is 0 Å². The lowest BCUT2D eigenvalue weighted by atomic mass is 9.83. The highest BCUT2D eigenvalue weighted by Crippen LogP contribution is 2.29. The molecule has 0 aromatic rings. The first kappa shape index (κ1) is 23.5. The van der Waals surface area contributed by atoms with Crippen LogP contribution in [0.4, 0.5) is 0 Å². The predicted octanol–water partition coefficient (Wildman–Crippen LogP) is 2.77. The fourth-order valence-electron chi connectivity index (χ4n) is 5.73. The molecule has 3 aliphatic carbocycles. The molecule has 6 heteroatoms. The van der Waals surface area contributed by atoms with Crippen molar-refractivity contribution < 1.29 is 9.59 Å². The fourth-order valence-corrected chi connectivity index (χ4v) is 5.73. The zero-order valence-electron chi connectivity index (χ0n) is 19.7. The van der Waals surface area contributed by atoms with Crippen LogP contribution in [0.3, 0.4) is 0 Å². The summed E-state index contributed by atoms with van der Waals surface area (Å²) in [5.74, 6) is 0.904. The molecule has 2 N–H and O–H groups in total. The molecule has 2 amide bonds. The van der Waals surface area contributed by atoms with E-state index in [0.29, 0.717) is 12.1 Å². The third-order valence-electron chi connectivity index (χ3n) is 8.02. The van der Waals surface area contributed by atoms with Gasteiger partial charge in [-0.2, -0.15) is 0 Å². The molecular weight excluding hydrogens is 376 g/mol. The van der Waals surface area contributed by atoms with Crippen molar-refractivity contribution >= 4 is 11.8 Å². The standard InChI is InChI=1S/C24H44N4O2/c1-27(2)21-13-5-17(6-14-21)23(29)25-19-9-11-20(12-10-19)26-24(30)18-7-15-22(16-8-18)28(3)4/h17-22H,5-16H2,1-4H3,(H,25,29)(H,26,30). The second-order valence-corrected chi connectivity index (χ2v) is 10.5. The lowest BCUT2D eigenvalue weighted by Gasteiger charge is -2.35. The van der Waals surface area contributed by atoms with Gasteiger partial charge in [-0.25, -0.2) is 0 Å². The van der Waals surface area contributed by atoms with Crippen molar-refractivity contribution in [3.05, 3.63) is 0 Å². The summed E-state index contributed by atoms with van der Waals surface area (Å²) in [6.07, 6.45) is 12.5. The number of rotatable bonds is 6. The average Bonchev–Trinajstić information content (AvgIpc) is 2.75. The van der Waals surface area contributed by atoms with Crippen molar-refractivity contribution in [2.75, 3.05) is 28.2 Å². The smallest absolute Gasteiger partial charge is 0.223 e. The van der Waals surface area contributed by atoms with Crippen LogP contribution in [0.5, 0.6) is 0 Å². The van der Waals surface area contributed by atoms with E-state index in [1.165, 1.54) is 0 Å². The van der Waals surface area contributed by atoms with E-state index >= 15 is 0 Å². The molecule has 0 unspecified atom stereocenters. The normalized spacial score (nSPS) is 35.3. The van der Waals surface area contributed by atoms with Crippen LogP contribution >= 0.6 is 0 Å². The first-order valence-electron chi connectivity index (χ1n) is 12.3. The molecule has 6 nitrogen and oxygen atoms in total. The molecule has 3 rings (SSSR count). The quantitative estimate of drug-likeness (QED) is 0.694. The van der Waals surface area contributed by atoms with Crippen LogP contribution in [0.25, 0.3) is 0 Å². The Morgan fingerprint density at radius 1 is 0.533 bits per heavy atom. The van der Waals surface area contributed by atoms with Gasteiger partial charge in [0.2, 0.25) is 11.8 Å². The zero-order valence-corrected chi connectivity index (χ0v) is 19.7. The summed E-state index contributed by atoms with van der Waals surface area (Å²) in [5, 5.41) is 6.63. The zero-order chi connectivity index (χ0) is 21.7. The van der Waals surface area contributed by atoms with E-state index in [4.69, 9.17) is 0 Å². The number of nitrogens with one attached hydrogen (secondary N) is 2. The highest BCUT2D eigenvalue weighted by molar-refractivity contribution is 5.79. The van der Waals surface area contributed by atoms with E-state index in [-0.39, 0.29) is 35.7 Å². The van der Waals surface area contributed by atoms with Gasteiger partial charge in [0.25, 0.3) is 0 Å². The second-order valence-electron chi connectivity index (χ2n) is 10.5. The van der Waals surface area contributed by atoms with Crippen LogP contribution in [-0.4, -0.2) is 74.0 Å². The highest BCUT2D eigenvalue weighted by Gasteiger charge is 2.32. The molecule has 0 heterocycles. The fraction of sp³-hybridized carbons (Fsp3) is 0.917. The number of amides is 2. The summed E-state index contributed by atoms with van der Waals surface area (Å²) >= 11 is 0. The summed E-state index contributed by atoms with van der Waals surface area (Å²) in [4.78, 5) is 29.9. The molecular formula is C24H44N4O2. The van der Waals surface area contributed by atoms with Crippen molar-refractivity contribution in [1.82, 2.24) is 20.4 Å². The lowest BCUT2D eigenvalue weighted by molar-refractivity contribution is -0.128. The number of hydrogen-bond acceptors (Lipinski definition) is 4. The Kier molecular flexibility index (Phi) is 8.58. The van der Waals surface area contributed by atoms with Gasteiger partial charge in [-0.15, -0.1) is 0 Å². The maximum absolute atomic E-state index is 12.7. The molecule has 0 bridgehead atoms. The molecule has 0 radical (unpaired) electrons. The van der Waals surface area contributed by atoms with Gasteiger partial charge >= 0.3 is 0 Å². The van der Waals surface area contributed by atoms with Gasteiger partial charge in [0.15, 0.2) is 0 Å². The highest BCUT2D eigenvalue weighted by atomic mass is 16.2. The monoisotopic (exact) mass is 420 g/mol. The minimum absolute atomic E-state index is 0.191. The van der Waals surface area contributed by atoms with E-state index in [0.717, 1.165) is 77.0 Å². The number of nitrogens with zero attached hydrogens (tertiary/aromatic N) is 2. The van der Waals surface area contributed by atoms with Crippen LogP contribution < -0.4 is 10.6 Å². The third kappa shape index (κ3) is 6.43. The van der Waals surface area contributed by atoms with Crippen LogP contribution in [-0.2, 0) is 9.59 Å². The third-order valence-corrected chi connectivity index (χ3v) is 8.02. The van der Waals surface area contributed by atoms with Crippen molar-refractivity contribution in [1.29, 1.82) is 0 Å². The molecule has 0 spiro atoms. The maximum Gasteiger partial charge on any atom is 0.223 e. The minimum atomic E-state index is 0.191. The Balaban J connectivity index is 1.33.